The number of halogens is 1. The van der Waals surface area contributed by atoms with Crippen LogP contribution in [0.2, 0.25) is 5.02 Å². The van der Waals surface area contributed by atoms with Crippen molar-refractivity contribution < 1.29 is 4.74 Å². The number of rotatable bonds is 9. The number of nitrogens with zero attached hydrogens (tertiary/aromatic N) is 1. The Morgan fingerprint density at radius 1 is 1.14 bits per heavy atom. The van der Waals surface area contributed by atoms with Crippen LogP contribution in [0.5, 0.6) is 0 Å². The number of allylic oxidation sites excluding steroid dienone is 1. The van der Waals surface area contributed by atoms with E-state index in [0.29, 0.717) is 18.2 Å². The molecule has 0 heterocycles. The molecule has 0 saturated heterocycles. The molecule has 28 heavy (non-hydrogen) atoms. The molecular formula is C24H29ClN2O. The Kier molecular flexibility index (Phi) is 7.91. The van der Waals surface area contributed by atoms with Crippen LogP contribution >= 0.6 is 11.6 Å². The highest BCUT2D eigenvalue weighted by Gasteiger charge is 2.17. The van der Waals surface area contributed by atoms with Crippen molar-refractivity contribution in [1.82, 2.24) is 5.32 Å². The Morgan fingerprint density at radius 2 is 1.82 bits per heavy atom. The summed E-state index contributed by atoms with van der Waals surface area (Å²) in [6, 6.07) is 14.0. The molecule has 3 nitrogen and oxygen atoms in total. The molecule has 0 unspecified atom stereocenters. The van der Waals surface area contributed by atoms with Gasteiger partial charge < -0.3 is 15.0 Å². The first-order valence-corrected chi connectivity index (χ1v) is 9.66. The minimum Gasteiger partial charge on any atom is -0.383 e. The third-order valence-corrected chi connectivity index (χ3v) is 4.83. The van der Waals surface area contributed by atoms with Crippen LogP contribution in [0.25, 0.3) is 5.70 Å². The van der Waals surface area contributed by atoms with Gasteiger partial charge in [-0.3, -0.25) is 0 Å². The maximum Gasteiger partial charge on any atom is 0.0642 e. The zero-order valence-electron chi connectivity index (χ0n) is 17.2. The summed E-state index contributed by atoms with van der Waals surface area (Å²) in [6.45, 7) is 16.0. The van der Waals surface area contributed by atoms with E-state index in [0.717, 1.165) is 28.3 Å². The second-order valence-corrected chi connectivity index (χ2v) is 7.13. The van der Waals surface area contributed by atoms with Crippen LogP contribution in [0.1, 0.15) is 23.6 Å². The standard InChI is InChI=1S/C24H29ClN2O/c1-7-23(26-19(4)21-10-12-22(25)13-11-21)20(5)27(14-15-28-6)24-16-17(2)8-9-18(24)3/h7-13,16,26H,4-5,14-15H2,1-3,6H3/b23-7-. The van der Waals surface area contributed by atoms with Crippen molar-refractivity contribution in [3.63, 3.8) is 0 Å². The second-order valence-electron chi connectivity index (χ2n) is 6.69. The fourth-order valence-electron chi connectivity index (χ4n) is 2.94. The third kappa shape index (κ3) is 5.51. The number of benzene rings is 2. The van der Waals surface area contributed by atoms with Crippen molar-refractivity contribution in [2.45, 2.75) is 20.8 Å². The van der Waals surface area contributed by atoms with E-state index in [1.54, 1.807) is 7.11 Å². The molecule has 2 aromatic rings. The maximum atomic E-state index is 5.99. The molecule has 0 saturated carbocycles. The fourth-order valence-corrected chi connectivity index (χ4v) is 3.06. The molecule has 0 spiro atoms. The lowest BCUT2D eigenvalue weighted by Crippen LogP contribution is -2.31. The number of hydrogen-bond acceptors (Lipinski definition) is 3. The summed E-state index contributed by atoms with van der Waals surface area (Å²) in [5.41, 5.74) is 7.05. The van der Waals surface area contributed by atoms with Gasteiger partial charge in [-0.05, 0) is 55.7 Å². The van der Waals surface area contributed by atoms with E-state index in [9.17, 15) is 0 Å². The van der Waals surface area contributed by atoms with Gasteiger partial charge in [0.2, 0.25) is 0 Å². The van der Waals surface area contributed by atoms with Gasteiger partial charge in [0.05, 0.1) is 18.0 Å². The van der Waals surface area contributed by atoms with Crippen molar-refractivity contribution in [1.29, 1.82) is 0 Å². The van der Waals surface area contributed by atoms with Crippen LogP contribution in [-0.2, 0) is 4.74 Å². The predicted molar refractivity (Wildman–Crippen MR) is 122 cm³/mol. The van der Waals surface area contributed by atoms with E-state index < -0.39 is 0 Å². The highest BCUT2D eigenvalue weighted by atomic mass is 35.5. The summed E-state index contributed by atoms with van der Waals surface area (Å²) in [5.74, 6) is 0. The van der Waals surface area contributed by atoms with Crippen LogP contribution in [0.3, 0.4) is 0 Å². The molecule has 2 aromatic carbocycles. The number of hydrogen-bond donors (Lipinski definition) is 1. The first-order valence-electron chi connectivity index (χ1n) is 9.28. The zero-order chi connectivity index (χ0) is 20.7. The Morgan fingerprint density at radius 3 is 2.43 bits per heavy atom. The second kappa shape index (κ2) is 10.2. The van der Waals surface area contributed by atoms with E-state index in [2.05, 4.69) is 55.4 Å². The molecule has 0 amide bonds. The van der Waals surface area contributed by atoms with E-state index in [-0.39, 0.29) is 0 Å². The lowest BCUT2D eigenvalue weighted by atomic mass is 10.1. The van der Waals surface area contributed by atoms with Gasteiger partial charge in [-0.25, -0.2) is 0 Å². The van der Waals surface area contributed by atoms with Crippen molar-refractivity contribution in [2.24, 2.45) is 0 Å². The summed E-state index contributed by atoms with van der Waals surface area (Å²) < 4.78 is 5.34. The van der Waals surface area contributed by atoms with Crippen LogP contribution in [-0.4, -0.2) is 20.3 Å². The summed E-state index contributed by atoms with van der Waals surface area (Å²) in [4.78, 5) is 2.18. The molecule has 0 fully saturated rings. The van der Waals surface area contributed by atoms with Gasteiger partial charge in [0, 0.05) is 30.1 Å². The lowest BCUT2D eigenvalue weighted by molar-refractivity contribution is 0.206. The van der Waals surface area contributed by atoms with Gasteiger partial charge in [0.1, 0.15) is 0 Å². The van der Waals surface area contributed by atoms with E-state index in [1.807, 2.05) is 37.3 Å². The van der Waals surface area contributed by atoms with Gasteiger partial charge in [-0.15, -0.1) is 0 Å². The van der Waals surface area contributed by atoms with Crippen molar-refractivity contribution in [3.8, 4) is 0 Å². The molecule has 4 heteroatoms. The van der Waals surface area contributed by atoms with Crippen LogP contribution in [0, 0.1) is 13.8 Å². The minimum absolute atomic E-state index is 0.599. The Hall–Kier alpha value is -2.49. The zero-order valence-corrected chi connectivity index (χ0v) is 17.9. The molecule has 2 rings (SSSR count). The monoisotopic (exact) mass is 396 g/mol. The molecular weight excluding hydrogens is 368 g/mol. The minimum atomic E-state index is 0.599. The molecule has 0 bridgehead atoms. The average Bonchev–Trinajstić information content (AvgIpc) is 2.69. The number of nitrogens with one attached hydrogen (secondary N) is 1. The average molecular weight is 397 g/mol. The molecule has 0 aromatic heterocycles. The van der Waals surface area contributed by atoms with Gasteiger partial charge in [-0.2, -0.15) is 0 Å². The largest absolute Gasteiger partial charge is 0.383 e. The summed E-state index contributed by atoms with van der Waals surface area (Å²) in [6.07, 6.45) is 2.01. The maximum absolute atomic E-state index is 5.99. The molecule has 0 aliphatic rings. The van der Waals surface area contributed by atoms with Crippen molar-refractivity contribution in [3.05, 3.63) is 94.8 Å². The molecule has 0 atom stereocenters. The number of methoxy groups -OCH3 is 1. The van der Waals surface area contributed by atoms with E-state index in [1.165, 1.54) is 11.1 Å². The van der Waals surface area contributed by atoms with E-state index in [4.69, 9.17) is 16.3 Å². The molecule has 1 N–H and O–H groups in total. The Labute approximate surface area is 174 Å². The molecule has 0 aliphatic carbocycles. The molecule has 148 valence electrons. The van der Waals surface area contributed by atoms with Crippen LogP contribution in [0.15, 0.2) is 73.1 Å². The summed E-state index contributed by atoms with van der Waals surface area (Å²) in [7, 11) is 1.71. The smallest absolute Gasteiger partial charge is 0.0642 e. The quantitative estimate of drug-likeness (QED) is 0.519. The van der Waals surface area contributed by atoms with E-state index >= 15 is 0 Å². The first kappa shape index (κ1) is 21.8. The highest BCUT2D eigenvalue weighted by molar-refractivity contribution is 6.30. The van der Waals surface area contributed by atoms with Crippen molar-refractivity contribution in [2.75, 3.05) is 25.2 Å². The lowest BCUT2D eigenvalue weighted by Gasteiger charge is -2.30. The van der Waals surface area contributed by atoms with Crippen LogP contribution < -0.4 is 10.2 Å². The Balaban J connectivity index is 2.29. The third-order valence-electron chi connectivity index (χ3n) is 4.58. The summed E-state index contributed by atoms with van der Waals surface area (Å²) >= 11 is 5.99. The summed E-state index contributed by atoms with van der Waals surface area (Å²) in [5, 5.41) is 4.11. The fraction of sp³-hybridized carbons (Fsp3) is 0.250. The van der Waals surface area contributed by atoms with Gasteiger partial charge in [-0.1, -0.05) is 55.1 Å². The molecule has 0 aliphatic heterocycles. The number of anilines is 1. The number of aryl methyl sites for hydroxylation is 2. The van der Waals surface area contributed by atoms with Crippen LogP contribution in [0.4, 0.5) is 5.69 Å². The predicted octanol–water partition coefficient (Wildman–Crippen LogP) is 6.09. The van der Waals surface area contributed by atoms with Gasteiger partial charge >= 0.3 is 0 Å². The Bertz CT molecular complexity index is 869. The SMILES string of the molecule is C=C(N/C(=C\C)C(=C)N(CCOC)c1cc(C)ccc1C)c1ccc(Cl)cc1. The first-order chi connectivity index (χ1) is 13.4. The molecule has 0 radical (unpaired) electrons. The highest BCUT2D eigenvalue weighted by Crippen LogP contribution is 2.27. The van der Waals surface area contributed by atoms with Crippen molar-refractivity contribution >= 4 is 23.0 Å². The normalized spacial score (nSPS) is 11.2. The number of ether oxygens (including phenoxy) is 1. The topological polar surface area (TPSA) is 24.5 Å². The van der Waals surface area contributed by atoms with Gasteiger partial charge in [0.25, 0.3) is 0 Å². The van der Waals surface area contributed by atoms with Gasteiger partial charge in [0.15, 0.2) is 0 Å².